The number of aromatic nitrogens is 1. The Balaban J connectivity index is 1.44. The van der Waals surface area contributed by atoms with Crippen molar-refractivity contribution in [3.63, 3.8) is 0 Å². The second kappa shape index (κ2) is 10.6. The standard InChI is InChI=1S/C30H31ClN4O4S/c31-21-7-5-6-20(18-21)29-33-26(24-10-3-4-11-25(24)35-14-16-40(37,38)17-15-35)27(39-29)22-8-1-2-9-23(22)28(36)34-30(19-32)12-13-30/h3-7,10-11,18,22-23H,1-2,8-9,12-17H2,(H,34,36)/t22-,23-/m1/s1. The molecule has 0 bridgehead atoms. The van der Waals surface area contributed by atoms with E-state index in [-0.39, 0.29) is 29.2 Å². The summed E-state index contributed by atoms with van der Waals surface area (Å²) >= 11 is 6.30. The Bertz CT molecular complexity index is 1580. The summed E-state index contributed by atoms with van der Waals surface area (Å²) in [7, 11) is -3.05. The fourth-order valence-corrected chi connectivity index (χ4v) is 7.29. The van der Waals surface area contributed by atoms with Crippen molar-refractivity contribution in [1.29, 1.82) is 5.26 Å². The van der Waals surface area contributed by atoms with Gasteiger partial charge >= 0.3 is 0 Å². The summed E-state index contributed by atoms with van der Waals surface area (Å²) in [5.74, 6) is 0.611. The maximum atomic E-state index is 13.5. The van der Waals surface area contributed by atoms with Crippen LogP contribution in [0.3, 0.4) is 0 Å². The third-order valence-electron chi connectivity index (χ3n) is 8.34. The summed E-state index contributed by atoms with van der Waals surface area (Å²) in [6, 6.07) is 17.4. The summed E-state index contributed by atoms with van der Waals surface area (Å²) < 4.78 is 30.8. The molecular formula is C30H31ClN4O4S. The highest BCUT2D eigenvalue weighted by molar-refractivity contribution is 7.91. The van der Waals surface area contributed by atoms with Crippen molar-refractivity contribution in [3.8, 4) is 28.8 Å². The smallest absolute Gasteiger partial charge is 0.226 e. The number of hydrogen-bond donors (Lipinski definition) is 1. The van der Waals surface area contributed by atoms with Crippen LogP contribution in [-0.4, -0.2) is 49.4 Å². The van der Waals surface area contributed by atoms with E-state index in [1.807, 2.05) is 36.4 Å². The summed E-state index contributed by atoms with van der Waals surface area (Å²) in [4.78, 5) is 20.6. The third kappa shape index (κ3) is 5.35. The molecule has 3 aliphatic rings. The Kier molecular flexibility index (Phi) is 7.09. The molecule has 3 fully saturated rings. The number of para-hydroxylation sites is 1. The molecular weight excluding hydrogens is 548 g/mol. The second-order valence-corrected chi connectivity index (χ2v) is 13.8. The van der Waals surface area contributed by atoms with Crippen molar-refractivity contribution in [2.75, 3.05) is 29.5 Å². The van der Waals surface area contributed by atoms with E-state index < -0.39 is 15.4 Å². The topological polar surface area (TPSA) is 116 Å². The van der Waals surface area contributed by atoms with Gasteiger partial charge in [0.05, 0.1) is 17.6 Å². The monoisotopic (exact) mass is 578 g/mol. The highest BCUT2D eigenvalue weighted by Gasteiger charge is 2.47. The van der Waals surface area contributed by atoms with Crippen LogP contribution in [0.1, 0.15) is 50.2 Å². The van der Waals surface area contributed by atoms with E-state index in [2.05, 4.69) is 16.3 Å². The number of halogens is 1. The molecule has 8 nitrogen and oxygen atoms in total. The fraction of sp³-hybridized carbons (Fsp3) is 0.433. The Labute approximate surface area is 239 Å². The van der Waals surface area contributed by atoms with Crippen molar-refractivity contribution < 1.29 is 17.6 Å². The molecule has 0 unspecified atom stereocenters. The largest absolute Gasteiger partial charge is 0.440 e. The van der Waals surface area contributed by atoms with Gasteiger partial charge < -0.3 is 14.6 Å². The number of carbonyl (C=O) groups excluding carboxylic acids is 1. The van der Waals surface area contributed by atoms with Crippen molar-refractivity contribution in [1.82, 2.24) is 10.3 Å². The molecule has 2 saturated carbocycles. The van der Waals surface area contributed by atoms with Gasteiger partial charge in [0.15, 0.2) is 9.84 Å². The van der Waals surface area contributed by atoms with Gasteiger partial charge in [0, 0.05) is 46.8 Å². The normalized spacial score (nSPS) is 23.2. The number of nitriles is 1. The molecule has 10 heteroatoms. The molecule has 2 aromatic carbocycles. The number of hydrogen-bond acceptors (Lipinski definition) is 7. The molecule has 2 aliphatic carbocycles. The van der Waals surface area contributed by atoms with Gasteiger partial charge in [-0.3, -0.25) is 4.79 Å². The van der Waals surface area contributed by atoms with Gasteiger partial charge in [-0.05, 0) is 49.9 Å². The van der Waals surface area contributed by atoms with Crippen LogP contribution in [0, 0.1) is 17.2 Å². The molecule has 1 aromatic heterocycles. The lowest BCUT2D eigenvalue weighted by Gasteiger charge is -2.32. The van der Waals surface area contributed by atoms with Gasteiger partial charge in [0.2, 0.25) is 11.8 Å². The zero-order valence-corrected chi connectivity index (χ0v) is 23.7. The van der Waals surface area contributed by atoms with Crippen LogP contribution < -0.4 is 10.2 Å². The molecule has 0 radical (unpaired) electrons. The SMILES string of the molecule is N#CC1(NC(=O)[C@@H]2CCCC[C@H]2c2oc(-c3cccc(Cl)c3)nc2-c2ccccc2N2CCS(=O)(=O)CC2)CC1. The number of nitrogens with one attached hydrogen (secondary N) is 1. The predicted molar refractivity (Wildman–Crippen MR) is 154 cm³/mol. The van der Waals surface area contributed by atoms with Crippen molar-refractivity contribution >= 4 is 33.0 Å². The maximum absolute atomic E-state index is 13.5. The van der Waals surface area contributed by atoms with E-state index >= 15 is 0 Å². The first-order valence-electron chi connectivity index (χ1n) is 13.8. The zero-order chi connectivity index (χ0) is 27.9. The van der Waals surface area contributed by atoms with Crippen molar-refractivity contribution in [2.24, 2.45) is 5.92 Å². The van der Waals surface area contributed by atoms with Crippen LogP contribution in [0.5, 0.6) is 0 Å². The summed E-state index contributed by atoms with van der Waals surface area (Å²) in [6.07, 6.45) is 4.71. The van der Waals surface area contributed by atoms with Crippen molar-refractivity contribution in [2.45, 2.75) is 50.0 Å². The molecule has 1 amide bonds. The molecule has 1 saturated heterocycles. The quantitative estimate of drug-likeness (QED) is 0.419. The van der Waals surface area contributed by atoms with E-state index in [1.54, 1.807) is 12.1 Å². The number of benzene rings is 2. The number of rotatable bonds is 6. The molecule has 6 rings (SSSR count). The average Bonchev–Trinajstić information content (AvgIpc) is 3.59. The molecule has 2 heterocycles. The van der Waals surface area contributed by atoms with Crippen LogP contribution in [0.25, 0.3) is 22.7 Å². The summed E-state index contributed by atoms with van der Waals surface area (Å²) in [5.41, 5.74) is 2.39. The Morgan fingerprint density at radius 2 is 1.85 bits per heavy atom. The van der Waals surface area contributed by atoms with Crippen LogP contribution >= 0.6 is 11.6 Å². The molecule has 40 heavy (non-hydrogen) atoms. The maximum Gasteiger partial charge on any atom is 0.226 e. The molecule has 0 spiro atoms. The Morgan fingerprint density at radius 3 is 2.58 bits per heavy atom. The van der Waals surface area contributed by atoms with E-state index in [0.29, 0.717) is 54.7 Å². The lowest BCUT2D eigenvalue weighted by atomic mass is 9.76. The molecule has 2 atom stereocenters. The van der Waals surface area contributed by atoms with E-state index in [9.17, 15) is 18.5 Å². The minimum atomic E-state index is -3.05. The lowest BCUT2D eigenvalue weighted by Crippen LogP contribution is -2.42. The highest BCUT2D eigenvalue weighted by Crippen LogP contribution is 2.46. The number of nitrogens with zero attached hydrogens (tertiary/aromatic N) is 3. The number of carbonyl (C=O) groups is 1. The number of amides is 1. The van der Waals surface area contributed by atoms with Crippen LogP contribution in [-0.2, 0) is 14.6 Å². The zero-order valence-electron chi connectivity index (χ0n) is 22.1. The van der Waals surface area contributed by atoms with E-state index in [1.165, 1.54) is 0 Å². The Morgan fingerprint density at radius 1 is 1.10 bits per heavy atom. The van der Waals surface area contributed by atoms with Crippen LogP contribution in [0.2, 0.25) is 5.02 Å². The average molecular weight is 579 g/mol. The molecule has 3 aromatic rings. The first-order chi connectivity index (χ1) is 19.3. The van der Waals surface area contributed by atoms with E-state index in [0.717, 1.165) is 36.1 Å². The molecule has 1 aliphatic heterocycles. The van der Waals surface area contributed by atoms with Gasteiger partial charge in [0.25, 0.3) is 0 Å². The van der Waals surface area contributed by atoms with Gasteiger partial charge in [-0.15, -0.1) is 0 Å². The first-order valence-corrected chi connectivity index (χ1v) is 16.0. The van der Waals surface area contributed by atoms with E-state index in [4.69, 9.17) is 21.0 Å². The van der Waals surface area contributed by atoms with Crippen LogP contribution in [0.4, 0.5) is 5.69 Å². The summed E-state index contributed by atoms with van der Waals surface area (Å²) in [6.45, 7) is 0.802. The molecule has 208 valence electrons. The minimum absolute atomic E-state index is 0.103. The number of sulfone groups is 1. The van der Waals surface area contributed by atoms with Crippen LogP contribution in [0.15, 0.2) is 52.9 Å². The number of anilines is 1. The predicted octanol–water partition coefficient (Wildman–Crippen LogP) is 5.34. The second-order valence-electron chi connectivity index (χ2n) is 11.1. The fourth-order valence-electron chi connectivity index (χ4n) is 5.90. The minimum Gasteiger partial charge on any atom is -0.440 e. The third-order valence-corrected chi connectivity index (χ3v) is 10.2. The van der Waals surface area contributed by atoms with Gasteiger partial charge in [0.1, 0.15) is 17.0 Å². The molecule has 1 N–H and O–H groups in total. The highest BCUT2D eigenvalue weighted by atomic mass is 35.5. The Hall–Kier alpha value is -3.35. The van der Waals surface area contributed by atoms with Gasteiger partial charge in [-0.25, -0.2) is 13.4 Å². The van der Waals surface area contributed by atoms with Crippen molar-refractivity contribution in [3.05, 3.63) is 59.3 Å². The first kappa shape index (κ1) is 26.9. The van der Waals surface area contributed by atoms with Gasteiger partial charge in [-0.1, -0.05) is 48.7 Å². The van der Waals surface area contributed by atoms with Gasteiger partial charge in [-0.2, -0.15) is 5.26 Å². The summed E-state index contributed by atoms with van der Waals surface area (Å²) in [5, 5.41) is 13.2. The lowest BCUT2D eigenvalue weighted by molar-refractivity contribution is -0.127. The number of oxazole rings is 1.